The monoisotopic (exact) mass is 387 g/mol. The van der Waals surface area contributed by atoms with Gasteiger partial charge in [0.25, 0.3) is 0 Å². The summed E-state index contributed by atoms with van der Waals surface area (Å²) in [6.45, 7) is 7.81. The van der Waals surface area contributed by atoms with Crippen LogP contribution in [0.5, 0.6) is 5.88 Å². The number of terminal acetylenes is 1. The fraction of sp³-hybridized carbons (Fsp3) is 0.250. The number of hydrogen-bond donors (Lipinski definition) is 1. The van der Waals surface area contributed by atoms with Crippen LogP contribution in [0.4, 0.5) is 4.39 Å². The molecule has 1 aromatic rings. The molecule has 0 aromatic carbocycles. The molecule has 27 heavy (non-hydrogen) atoms. The Bertz CT molecular complexity index is 798. The maximum Gasteiger partial charge on any atom is 0.226 e. The van der Waals surface area contributed by atoms with Gasteiger partial charge in [0.05, 0.1) is 5.75 Å². The molecule has 1 aliphatic rings. The van der Waals surface area contributed by atoms with Crippen LogP contribution in [0.3, 0.4) is 0 Å². The zero-order valence-corrected chi connectivity index (χ0v) is 16.2. The van der Waals surface area contributed by atoms with Crippen LogP contribution in [0, 0.1) is 12.8 Å². The molecule has 0 fully saturated rings. The van der Waals surface area contributed by atoms with Crippen LogP contribution >= 0.6 is 11.8 Å². The second-order valence-electron chi connectivity index (χ2n) is 5.18. The van der Waals surface area contributed by atoms with Crippen molar-refractivity contribution < 1.29 is 13.9 Å². The van der Waals surface area contributed by atoms with E-state index >= 15 is 0 Å². The van der Waals surface area contributed by atoms with Gasteiger partial charge in [-0.1, -0.05) is 31.3 Å². The molecule has 0 saturated carbocycles. The molecule has 0 radical (unpaired) electrons. The van der Waals surface area contributed by atoms with Gasteiger partial charge in [-0.25, -0.2) is 14.4 Å². The fourth-order valence-electron chi connectivity index (χ4n) is 2.27. The molecular weight excluding hydrogens is 365 g/mol. The van der Waals surface area contributed by atoms with Crippen molar-refractivity contribution in [1.29, 1.82) is 0 Å². The number of aromatic nitrogens is 2. The molecule has 1 aromatic heterocycles. The van der Waals surface area contributed by atoms with E-state index in [9.17, 15) is 9.18 Å². The molecule has 0 unspecified atom stereocenters. The minimum Gasteiger partial charge on any atom is -0.435 e. The van der Waals surface area contributed by atoms with Crippen molar-refractivity contribution in [3.63, 3.8) is 0 Å². The predicted octanol–water partition coefficient (Wildman–Crippen LogP) is 3.76. The average molecular weight is 387 g/mol. The maximum atomic E-state index is 14.8. The van der Waals surface area contributed by atoms with Gasteiger partial charge in [-0.05, 0) is 25.5 Å². The summed E-state index contributed by atoms with van der Waals surface area (Å²) in [5.74, 6) is 0.137. The van der Waals surface area contributed by atoms with Gasteiger partial charge >= 0.3 is 0 Å². The topological polar surface area (TPSA) is 64.1 Å². The minimum atomic E-state index is -0.466. The number of halogens is 1. The van der Waals surface area contributed by atoms with E-state index in [0.29, 0.717) is 23.6 Å². The molecule has 7 heteroatoms. The van der Waals surface area contributed by atoms with Gasteiger partial charge in [0.2, 0.25) is 5.88 Å². The molecule has 2 heterocycles. The van der Waals surface area contributed by atoms with Crippen LogP contribution in [0.2, 0.25) is 0 Å². The molecule has 1 N–H and O–H groups in total. The Morgan fingerprint density at radius 2 is 2.22 bits per heavy atom. The van der Waals surface area contributed by atoms with Crippen molar-refractivity contribution in [2.24, 2.45) is 0 Å². The quantitative estimate of drug-likeness (QED) is 0.183. The van der Waals surface area contributed by atoms with Gasteiger partial charge in [-0.2, -0.15) is 0 Å². The van der Waals surface area contributed by atoms with Crippen molar-refractivity contribution in [3.05, 3.63) is 59.6 Å². The van der Waals surface area contributed by atoms with Crippen LogP contribution in [0.1, 0.15) is 19.4 Å². The molecule has 0 amide bonds. The number of nitrogens with one attached hydrogen (secondary N) is 1. The van der Waals surface area contributed by atoms with E-state index in [2.05, 4.69) is 34.7 Å². The lowest BCUT2D eigenvalue weighted by Gasteiger charge is -2.13. The van der Waals surface area contributed by atoms with E-state index in [4.69, 9.17) is 4.74 Å². The van der Waals surface area contributed by atoms with E-state index in [1.54, 1.807) is 6.08 Å². The largest absolute Gasteiger partial charge is 0.435 e. The first-order chi connectivity index (χ1) is 13.1. The third kappa shape index (κ3) is 6.12. The van der Waals surface area contributed by atoms with E-state index in [0.717, 1.165) is 17.5 Å². The number of nitrogens with zero attached hydrogens (tertiary/aromatic N) is 2. The molecule has 5 nitrogen and oxygen atoms in total. The Hall–Kier alpha value is -2.85. The molecule has 1 aliphatic heterocycles. The van der Waals surface area contributed by atoms with Gasteiger partial charge in [0, 0.05) is 23.4 Å². The number of carbonyl (C=O) groups is 1. The van der Waals surface area contributed by atoms with E-state index in [1.807, 2.05) is 13.8 Å². The summed E-state index contributed by atoms with van der Waals surface area (Å²) in [4.78, 5) is 18.9. The van der Waals surface area contributed by atoms with Crippen LogP contribution < -0.4 is 10.1 Å². The van der Waals surface area contributed by atoms with E-state index in [-0.39, 0.29) is 17.4 Å². The van der Waals surface area contributed by atoms with Gasteiger partial charge in [-0.15, -0.1) is 12.8 Å². The number of hydrogen-bond acceptors (Lipinski definition) is 6. The second kappa shape index (κ2) is 11.7. The number of carbonyl (C=O) groups excluding carboxylic acids is 1. The van der Waals surface area contributed by atoms with Gasteiger partial charge in [-0.3, -0.25) is 0 Å². The Balaban J connectivity index is 0.00000176. The fourth-order valence-corrected chi connectivity index (χ4v) is 3.02. The van der Waals surface area contributed by atoms with Gasteiger partial charge in [0.1, 0.15) is 17.6 Å². The standard InChI is InChI=1S/C18H20FN3O2S.C2H2/c1-4-6-15(16(19)13-9-12(3)20-10-13)24-17-14(5-2)18(22-11-21-17)25-8-7-23;1-2/h4,6-7,9,11,20H,1,5,8,10H2,2-3H3;1-2H/b15-6+,16-13+;. The third-order valence-corrected chi connectivity index (χ3v) is 4.36. The predicted molar refractivity (Wildman–Crippen MR) is 107 cm³/mol. The Morgan fingerprint density at radius 1 is 1.48 bits per heavy atom. The Morgan fingerprint density at radius 3 is 2.78 bits per heavy atom. The number of rotatable bonds is 8. The van der Waals surface area contributed by atoms with Gasteiger partial charge < -0.3 is 14.8 Å². The molecule has 142 valence electrons. The van der Waals surface area contributed by atoms with Crippen molar-refractivity contribution in [1.82, 2.24) is 15.3 Å². The summed E-state index contributed by atoms with van der Waals surface area (Å²) in [5, 5.41) is 3.72. The number of thioether (sulfide) groups is 1. The van der Waals surface area contributed by atoms with Crippen molar-refractivity contribution in [2.45, 2.75) is 25.3 Å². The lowest BCUT2D eigenvalue weighted by atomic mass is 10.2. The lowest BCUT2D eigenvalue weighted by Crippen LogP contribution is -2.08. The molecule has 0 aliphatic carbocycles. The SMILES string of the molecule is C#C.C=C/C=C(Oc1ncnc(SCC=O)c1CC)\C(F)=C1\C=C(C)NC1. The molecule has 0 bridgehead atoms. The van der Waals surface area contributed by atoms with Crippen molar-refractivity contribution in [3.8, 4) is 18.7 Å². The molecule has 0 saturated heterocycles. The Labute approximate surface area is 163 Å². The van der Waals surface area contributed by atoms with Crippen LogP contribution in [-0.4, -0.2) is 28.6 Å². The van der Waals surface area contributed by atoms with Crippen LogP contribution in [0.15, 0.2) is 59.0 Å². The second-order valence-corrected chi connectivity index (χ2v) is 6.19. The minimum absolute atomic E-state index is 0.0393. The highest BCUT2D eigenvalue weighted by atomic mass is 32.2. The summed E-state index contributed by atoms with van der Waals surface area (Å²) >= 11 is 1.30. The molecule has 0 atom stereocenters. The molecule has 0 spiro atoms. The normalized spacial score (nSPS) is 15.0. The van der Waals surface area contributed by atoms with Gasteiger partial charge in [0.15, 0.2) is 11.6 Å². The van der Waals surface area contributed by atoms with Crippen LogP contribution in [-0.2, 0) is 11.2 Å². The first kappa shape index (κ1) is 22.2. The number of aldehydes is 1. The lowest BCUT2D eigenvalue weighted by molar-refractivity contribution is -0.105. The zero-order valence-electron chi connectivity index (χ0n) is 15.4. The van der Waals surface area contributed by atoms with Crippen molar-refractivity contribution >= 4 is 18.0 Å². The zero-order chi connectivity index (χ0) is 20.2. The number of ether oxygens (including phenoxy) is 1. The summed E-state index contributed by atoms with van der Waals surface area (Å²) in [7, 11) is 0. The van der Waals surface area contributed by atoms with E-state index < -0.39 is 5.83 Å². The smallest absolute Gasteiger partial charge is 0.226 e. The summed E-state index contributed by atoms with van der Waals surface area (Å²) in [6.07, 6.45) is 15.4. The highest BCUT2D eigenvalue weighted by Gasteiger charge is 2.19. The van der Waals surface area contributed by atoms with Crippen molar-refractivity contribution in [2.75, 3.05) is 12.3 Å². The average Bonchev–Trinajstić information content (AvgIpc) is 3.13. The van der Waals surface area contributed by atoms with E-state index in [1.165, 1.54) is 30.2 Å². The first-order valence-electron chi connectivity index (χ1n) is 8.16. The molecule has 2 rings (SSSR count). The Kier molecular flexibility index (Phi) is 9.62. The maximum absolute atomic E-state index is 14.8. The van der Waals surface area contributed by atoms with Crippen LogP contribution in [0.25, 0.3) is 0 Å². The number of allylic oxidation sites excluding steroid dienone is 4. The summed E-state index contributed by atoms with van der Waals surface area (Å²) < 4.78 is 20.6. The summed E-state index contributed by atoms with van der Waals surface area (Å²) in [6, 6.07) is 0. The highest BCUT2D eigenvalue weighted by molar-refractivity contribution is 7.99. The first-order valence-corrected chi connectivity index (χ1v) is 9.14. The molecular formula is C20H22FN3O2S. The highest BCUT2D eigenvalue weighted by Crippen LogP contribution is 2.30. The third-order valence-electron chi connectivity index (χ3n) is 3.43. The summed E-state index contributed by atoms with van der Waals surface area (Å²) in [5.41, 5.74) is 2.14.